The Morgan fingerprint density at radius 1 is 1.13 bits per heavy atom. The number of hydrogen-bond acceptors (Lipinski definition) is 5. The van der Waals surface area contributed by atoms with E-state index in [2.05, 4.69) is 15.7 Å². The first kappa shape index (κ1) is 21.3. The smallest absolute Gasteiger partial charge is 0.251 e. The summed E-state index contributed by atoms with van der Waals surface area (Å²) in [4.78, 5) is 24.8. The van der Waals surface area contributed by atoms with E-state index in [1.165, 1.54) is 4.68 Å². The molecule has 8 nitrogen and oxygen atoms in total. The first-order valence-electron chi connectivity index (χ1n) is 9.29. The van der Waals surface area contributed by atoms with E-state index in [9.17, 15) is 9.59 Å². The minimum Gasteiger partial charge on any atom is -0.497 e. The number of carbonyl (C=O) groups is 2. The monoisotopic (exact) mass is 425 g/mol. The molecular weight excluding hydrogens is 402 g/mol. The highest BCUT2D eigenvalue weighted by atomic mass is 32.1. The standard InChI is InChI=1S/C21H23N5O3S/c1-14-6-4-5-7-17(14)20(28)22-12-18-24-26(21(30)25(18)2)13-19(27)23-15-8-10-16(29-3)11-9-15/h4-11H,12-13H2,1-3H3,(H,22,28)(H,23,27). The second kappa shape index (κ2) is 9.36. The van der Waals surface area contributed by atoms with E-state index in [-0.39, 0.29) is 24.9 Å². The Labute approximate surface area is 179 Å². The number of nitrogens with one attached hydrogen (secondary N) is 2. The Kier molecular flexibility index (Phi) is 6.63. The second-order valence-corrected chi connectivity index (χ2v) is 7.05. The van der Waals surface area contributed by atoms with Gasteiger partial charge in [0.25, 0.3) is 5.91 Å². The fraction of sp³-hybridized carbons (Fsp3) is 0.238. The molecule has 30 heavy (non-hydrogen) atoms. The molecule has 0 atom stereocenters. The quantitative estimate of drug-likeness (QED) is 0.568. The van der Waals surface area contributed by atoms with Crippen LogP contribution in [0, 0.1) is 11.7 Å². The van der Waals surface area contributed by atoms with Crippen LogP contribution in [0.1, 0.15) is 21.7 Å². The van der Waals surface area contributed by atoms with Crippen molar-refractivity contribution in [3.63, 3.8) is 0 Å². The third-order valence-electron chi connectivity index (χ3n) is 4.59. The van der Waals surface area contributed by atoms with Gasteiger partial charge in [0.15, 0.2) is 10.6 Å². The molecule has 0 aliphatic rings. The van der Waals surface area contributed by atoms with Crippen molar-refractivity contribution in [2.45, 2.75) is 20.0 Å². The summed E-state index contributed by atoms with van der Waals surface area (Å²) in [6.07, 6.45) is 0. The molecule has 9 heteroatoms. The van der Waals surface area contributed by atoms with Crippen LogP contribution in [0.2, 0.25) is 0 Å². The first-order valence-corrected chi connectivity index (χ1v) is 9.70. The number of rotatable bonds is 7. The lowest BCUT2D eigenvalue weighted by Crippen LogP contribution is -2.25. The summed E-state index contributed by atoms with van der Waals surface area (Å²) in [5.41, 5.74) is 2.15. The van der Waals surface area contributed by atoms with Crippen molar-refractivity contribution in [1.29, 1.82) is 0 Å². The van der Waals surface area contributed by atoms with Crippen molar-refractivity contribution in [3.05, 3.63) is 70.3 Å². The predicted octanol–water partition coefficient (Wildman–Crippen LogP) is 2.84. The van der Waals surface area contributed by atoms with Gasteiger partial charge in [0.05, 0.1) is 13.7 Å². The maximum Gasteiger partial charge on any atom is 0.251 e. The van der Waals surface area contributed by atoms with Crippen molar-refractivity contribution in [2.75, 3.05) is 12.4 Å². The zero-order chi connectivity index (χ0) is 21.7. The van der Waals surface area contributed by atoms with E-state index < -0.39 is 0 Å². The average molecular weight is 426 g/mol. The van der Waals surface area contributed by atoms with Gasteiger partial charge in [-0.15, -0.1) is 0 Å². The van der Waals surface area contributed by atoms with Crippen LogP contribution in [-0.2, 0) is 24.9 Å². The number of aromatic nitrogens is 3. The Morgan fingerprint density at radius 3 is 2.50 bits per heavy atom. The van der Waals surface area contributed by atoms with E-state index in [4.69, 9.17) is 17.0 Å². The lowest BCUT2D eigenvalue weighted by atomic mass is 10.1. The molecule has 3 aromatic rings. The van der Waals surface area contributed by atoms with E-state index in [1.807, 2.05) is 25.1 Å². The number of carbonyl (C=O) groups excluding carboxylic acids is 2. The molecule has 0 saturated heterocycles. The number of hydrogen-bond donors (Lipinski definition) is 2. The molecule has 0 spiro atoms. The molecule has 2 N–H and O–H groups in total. The van der Waals surface area contributed by atoms with Crippen molar-refractivity contribution < 1.29 is 14.3 Å². The number of amides is 2. The molecule has 3 rings (SSSR count). The lowest BCUT2D eigenvalue weighted by Gasteiger charge is -2.07. The van der Waals surface area contributed by atoms with Gasteiger partial charge in [-0.05, 0) is 55.0 Å². The number of anilines is 1. The lowest BCUT2D eigenvalue weighted by molar-refractivity contribution is -0.116. The summed E-state index contributed by atoms with van der Waals surface area (Å²) in [5.74, 6) is 0.812. The average Bonchev–Trinajstić information content (AvgIpc) is 3.00. The van der Waals surface area contributed by atoms with Gasteiger partial charge < -0.3 is 19.9 Å². The molecule has 2 aromatic carbocycles. The highest BCUT2D eigenvalue weighted by Gasteiger charge is 2.13. The topological polar surface area (TPSA) is 90.2 Å². The zero-order valence-electron chi connectivity index (χ0n) is 17.0. The number of nitrogens with zero attached hydrogens (tertiary/aromatic N) is 3. The van der Waals surface area contributed by atoms with Gasteiger partial charge in [0, 0.05) is 18.3 Å². The van der Waals surface area contributed by atoms with Crippen LogP contribution in [0.3, 0.4) is 0 Å². The number of aryl methyl sites for hydroxylation is 1. The minimum absolute atomic E-state index is 0.0373. The third-order valence-corrected chi connectivity index (χ3v) is 5.08. The van der Waals surface area contributed by atoms with Crippen LogP contribution in [0.15, 0.2) is 48.5 Å². The number of methoxy groups -OCH3 is 1. The molecule has 0 aliphatic carbocycles. The fourth-order valence-corrected chi connectivity index (χ4v) is 3.09. The Bertz CT molecular complexity index is 1120. The van der Waals surface area contributed by atoms with Gasteiger partial charge >= 0.3 is 0 Å². The Morgan fingerprint density at radius 2 is 1.83 bits per heavy atom. The van der Waals surface area contributed by atoms with E-state index in [0.29, 0.717) is 27.6 Å². The van der Waals surface area contributed by atoms with Crippen LogP contribution in [0.5, 0.6) is 5.75 Å². The van der Waals surface area contributed by atoms with Gasteiger partial charge in [-0.2, -0.15) is 5.10 Å². The van der Waals surface area contributed by atoms with Gasteiger partial charge in [0.2, 0.25) is 5.91 Å². The molecule has 0 unspecified atom stereocenters. The Balaban J connectivity index is 1.64. The molecule has 2 amide bonds. The third kappa shape index (κ3) is 4.93. The van der Waals surface area contributed by atoms with Crippen molar-refractivity contribution in [2.24, 2.45) is 7.05 Å². The summed E-state index contributed by atoms with van der Waals surface area (Å²) in [5, 5.41) is 10.0. The highest BCUT2D eigenvalue weighted by molar-refractivity contribution is 7.71. The summed E-state index contributed by atoms with van der Waals surface area (Å²) >= 11 is 5.38. The summed E-state index contributed by atoms with van der Waals surface area (Å²) in [7, 11) is 3.33. The van der Waals surface area contributed by atoms with Crippen molar-refractivity contribution in [3.8, 4) is 5.75 Å². The molecule has 1 aromatic heterocycles. The van der Waals surface area contributed by atoms with Gasteiger partial charge in [-0.1, -0.05) is 18.2 Å². The van der Waals surface area contributed by atoms with Crippen molar-refractivity contribution in [1.82, 2.24) is 19.7 Å². The van der Waals surface area contributed by atoms with E-state index in [1.54, 1.807) is 49.1 Å². The fourth-order valence-electron chi connectivity index (χ4n) is 2.88. The number of benzene rings is 2. The van der Waals surface area contributed by atoms with Crippen LogP contribution in [-0.4, -0.2) is 33.3 Å². The van der Waals surface area contributed by atoms with Crippen LogP contribution < -0.4 is 15.4 Å². The first-order chi connectivity index (χ1) is 14.4. The predicted molar refractivity (Wildman–Crippen MR) is 116 cm³/mol. The normalized spacial score (nSPS) is 10.5. The summed E-state index contributed by atoms with van der Waals surface area (Å²) in [6, 6.07) is 14.4. The molecule has 0 fully saturated rings. The van der Waals surface area contributed by atoms with Crippen LogP contribution in [0.4, 0.5) is 5.69 Å². The SMILES string of the molecule is COc1ccc(NC(=O)Cn2nc(CNC(=O)c3ccccc3C)n(C)c2=S)cc1. The van der Waals surface area contributed by atoms with Gasteiger partial charge in [-0.25, -0.2) is 4.68 Å². The molecule has 0 aliphatic heterocycles. The zero-order valence-corrected chi connectivity index (χ0v) is 17.8. The largest absolute Gasteiger partial charge is 0.497 e. The molecule has 0 saturated carbocycles. The molecule has 1 heterocycles. The van der Waals surface area contributed by atoms with Crippen molar-refractivity contribution >= 4 is 29.7 Å². The van der Waals surface area contributed by atoms with E-state index in [0.717, 1.165) is 5.56 Å². The Hall–Kier alpha value is -3.46. The summed E-state index contributed by atoms with van der Waals surface area (Å²) in [6.45, 7) is 2.04. The molecule has 156 valence electrons. The van der Waals surface area contributed by atoms with Crippen LogP contribution >= 0.6 is 12.2 Å². The molecule has 0 bridgehead atoms. The molecule has 0 radical (unpaired) electrons. The number of ether oxygens (including phenoxy) is 1. The van der Waals surface area contributed by atoms with Crippen LogP contribution in [0.25, 0.3) is 0 Å². The molecular formula is C21H23N5O3S. The van der Waals surface area contributed by atoms with Gasteiger partial charge in [0.1, 0.15) is 12.3 Å². The van der Waals surface area contributed by atoms with Gasteiger partial charge in [-0.3, -0.25) is 9.59 Å². The minimum atomic E-state index is -0.259. The summed E-state index contributed by atoms with van der Waals surface area (Å²) < 4.78 is 8.60. The maximum absolute atomic E-state index is 12.4. The van der Waals surface area contributed by atoms with E-state index >= 15 is 0 Å². The maximum atomic E-state index is 12.4. The second-order valence-electron chi connectivity index (χ2n) is 6.69. The highest BCUT2D eigenvalue weighted by Crippen LogP contribution is 2.15.